The van der Waals surface area contributed by atoms with Crippen LogP contribution < -0.4 is 5.01 Å². The predicted molar refractivity (Wildman–Crippen MR) is 151 cm³/mol. The molecule has 0 bridgehead atoms. The maximum Gasteiger partial charge on any atom is 0.247 e. The standard InChI is InChI=1S/C30H25ClN4S/c1-19(2)20-10-12-21(13-11-20)27-18-26(28-9-6-16-36-28)34-35(27)30-32-25-15-14-23(31)17-24(25)29(33-30)22-7-4-3-5-8-22/h3-17,19,27H,18H2,1-2H3/t27-/m0/s1. The Morgan fingerprint density at radius 3 is 2.44 bits per heavy atom. The highest BCUT2D eigenvalue weighted by Crippen LogP contribution is 2.38. The summed E-state index contributed by atoms with van der Waals surface area (Å²) in [6, 6.07) is 29.1. The van der Waals surface area contributed by atoms with E-state index >= 15 is 0 Å². The van der Waals surface area contributed by atoms with Crippen LogP contribution in [0.4, 0.5) is 5.95 Å². The van der Waals surface area contributed by atoms with E-state index < -0.39 is 0 Å². The van der Waals surface area contributed by atoms with Crippen LogP contribution >= 0.6 is 22.9 Å². The summed E-state index contributed by atoms with van der Waals surface area (Å²) < 4.78 is 0. The molecule has 3 aromatic carbocycles. The molecule has 0 N–H and O–H groups in total. The molecule has 0 aliphatic carbocycles. The predicted octanol–water partition coefficient (Wildman–Crippen LogP) is 8.49. The summed E-state index contributed by atoms with van der Waals surface area (Å²) in [5.41, 5.74) is 6.31. The topological polar surface area (TPSA) is 41.4 Å². The minimum absolute atomic E-state index is 0.0108. The van der Waals surface area contributed by atoms with Crippen molar-refractivity contribution >= 4 is 45.5 Å². The van der Waals surface area contributed by atoms with Crippen molar-refractivity contribution in [1.82, 2.24) is 9.97 Å². The summed E-state index contributed by atoms with van der Waals surface area (Å²) in [7, 11) is 0. The van der Waals surface area contributed by atoms with Crippen LogP contribution in [0.1, 0.15) is 48.2 Å². The van der Waals surface area contributed by atoms with E-state index in [1.165, 1.54) is 16.0 Å². The molecule has 178 valence electrons. The molecule has 0 unspecified atom stereocenters. The first-order valence-corrected chi connectivity index (χ1v) is 13.4. The molecule has 0 radical (unpaired) electrons. The van der Waals surface area contributed by atoms with Crippen LogP contribution in [0, 0.1) is 0 Å². The number of hydrazone groups is 1. The molecule has 0 saturated carbocycles. The van der Waals surface area contributed by atoms with Gasteiger partial charge in [0.1, 0.15) is 0 Å². The molecule has 3 heterocycles. The molecule has 5 aromatic rings. The highest BCUT2D eigenvalue weighted by molar-refractivity contribution is 7.12. The van der Waals surface area contributed by atoms with Crippen LogP contribution in [0.15, 0.2) is 95.4 Å². The zero-order valence-electron chi connectivity index (χ0n) is 20.1. The van der Waals surface area contributed by atoms with Crippen molar-refractivity contribution in [1.29, 1.82) is 0 Å². The first kappa shape index (κ1) is 22.9. The molecule has 0 spiro atoms. The summed E-state index contributed by atoms with van der Waals surface area (Å²) in [5.74, 6) is 1.08. The Kier molecular flexibility index (Phi) is 6.04. The number of halogens is 1. The summed E-state index contributed by atoms with van der Waals surface area (Å²) in [6.07, 6.45) is 0.796. The van der Waals surface area contributed by atoms with Gasteiger partial charge in [0.15, 0.2) is 0 Å². The largest absolute Gasteiger partial charge is 0.247 e. The van der Waals surface area contributed by atoms with Crippen molar-refractivity contribution < 1.29 is 0 Å². The van der Waals surface area contributed by atoms with Gasteiger partial charge in [-0.05, 0) is 46.7 Å². The van der Waals surface area contributed by atoms with Gasteiger partial charge in [-0.2, -0.15) is 5.10 Å². The van der Waals surface area contributed by atoms with Gasteiger partial charge in [0.2, 0.25) is 5.95 Å². The van der Waals surface area contributed by atoms with Crippen LogP contribution in [-0.4, -0.2) is 15.7 Å². The lowest BCUT2D eigenvalue weighted by molar-refractivity contribution is 0.688. The number of hydrogen-bond acceptors (Lipinski definition) is 5. The van der Waals surface area contributed by atoms with Crippen molar-refractivity contribution in [3.63, 3.8) is 0 Å². The number of hydrogen-bond donors (Lipinski definition) is 0. The average Bonchev–Trinajstić information content (AvgIpc) is 3.59. The van der Waals surface area contributed by atoms with Gasteiger partial charge in [0.25, 0.3) is 0 Å². The molecule has 2 aromatic heterocycles. The van der Waals surface area contributed by atoms with Crippen molar-refractivity contribution in [3.05, 3.63) is 111 Å². The Morgan fingerprint density at radius 1 is 0.917 bits per heavy atom. The zero-order valence-corrected chi connectivity index (χ0v) is 21.7. The van der Waals surface area contributed by atoms with Crippen molar-refractivity contribution in [2.45, 2.75) is 32.2 Å². The van der Waals surface area contributed by atoms with Crippen LogP contribution in [0.2, 0.25) is 5.02 Å². The Morgan fingerprint density at radius 2 is 1.72 bits per heavy atom. The molecular formula is C30H25ClN4S. The molecule has 0 fully saturated rings. The number of thiophene rings is 1. The van der Waals surface area contributed by atoms with E-state index in [-0.39, 0.29) is 6.04 Å². The lowest BCUT2D eigenvalue weighted by Crippen LogP contribution is -2.21. The van der Waals surface area contributed by atoms with Crippen LogP contribution in [-0.2, 0) is 0 Å². The van der Waals surface area contributed by atoms with Crippen LogP contribution in [0.3, 0.4) is 0 Å². The lowest BCUT2D eigenvalue weighted by atomic mass is 9.97. The number of anilines is 1. The van der Waals surface area contributed by atoms with Crippen molar-refractivity contribution in [2.24, 2.45) is 5.10 Å². The highest BCUT2D eigenvalue weighted by Gasteiger charge is 2.32. The first-order chi connectivity index (χ1) is 17.6. The SMILES string of the molecule is CC(C)c1ccc([C@@H]2CC(c3cccs3)=NN2c2nc(-c3ccccc3)c3cc(Cl)ccc3n2)cc1. The summed E-state index contributed by atoms with van der Waals surface area (Å²) >= 11 is 8.08. The average molecular weight is 509 g/mol. The summed E-state index contributed by atoms with van der Waals surface area (Å²) in [5, 5.41) is 10.8. The van der Waals surface area contributed by atoms with Crippen LogP contribution in [0.25, 0.3) is 22.2 Å². The second kappa shape index (κ2) is 9.49. The molecule has 0 amide bonds. The fourth-order valence-electron chi connectivity index (χ4n) is 4.66. The molecule has 1 atom stereocenters. The third-order valence-corrected chi connectivity index (χ3v) is 7.76. The molecule has 1 aliphatic heterocycles. The van der Waals surface area contributed by atoms with E-state index in [0.29, 0.717) is 16.9 Å². The Hall–Kier alpha value is -3.54. The normalized spacial score (nSPS) is 15.6. The van der Waals surface area contributed by atoms with Gasteiger partial charge in [0, 0.05) is 22.4 Å². The summed E-state index contributed by atoms with van der Waals surface area (Å²) in [6.45, 7) is 4.43. The molecule has 6 heteroatoms. The molecular weight excluding hydrogens is 484 g/mol. The zero-order chi connectivity index (χ0) is 24.6. The molecule has 0 saturated heterocycles. The van der Waals surface area contributed by atoms with Crippen molar-refractivity contribution in [2.75, 3.05) is 5.01 Å². The molecule has 36 heavy (non-hydrogen) atoms. The van der Waals surface area contributed by atoms with Crippen molar-refractivity contribution in [3.8, 4) is 11.3 Å². The fraction of sp³-hybridized carbons (Fsp3) is 0.167. The van der Waals surface area contributed by atoms with E-state index in [4.69, 9.17) is 26.7 Å². The Balaban J connectivity index is 1.51. The second-order valence-electron chi connectivity index (χ2n) is 9.31. The van der Waals surface area contributed by atoms with E-state index in [9.17, 15) is 0 Å². The number of fused-ring (bicyclic) bond motifs is 1. The van der Waals surface area contributed by atoms with E-state index in [1.807, 2.05) is 41.4 Å². The summed E-state index contributed by atoms with van der Waals surface area (Å²) in [4.78, 5) is 11.2. The Labute approximate surface area is 219 Å². The van der Waals surface area contributed by atoms with Gasteiger partial charge in [-0.3, -0.25) is 0 Å². The fourth-order valence-corrected chi connectivity index (χ4v) is 5.55. The number of nitrogens with zero attached hydrogens (tertiary/aromatic N) is 4. The third-order valence-electron chi connectivity index (χ3n) is 6.60. The van der Waals surface area contributed by atoms with Gasteiger partial charge in [-0.25, -0.2) is 15.0 Å². The van der Waals surface area contributed by atoms with E-state index in [1.54, 1.807) is 11.3 Å². The van der Waals surface area contributed by atoms with Gasteiger partial charge < -0.3 is 0 Å². The quantitative estimate of drug-likeness (QED) is 0.239. The van der Waals surface area contributed by atoms with Gasteiger partial charge in [0.05, 0.1) is 27.8 Å². The minimum atomic E-state index is 0.0108. The Bertz CT molecular complexity index is 1540. The van der Waals surface area contributed by atoms with E-state index in [2.05, 4.69) is 67.8 Å². The highest BCUT2D eigenvalue weighted by atomic mass is 35.5. The monoisotopic (exact) mass is 508 g/mol. The van der Waals surface area contributed by atoms with Crippen LogP contribution in [0.5, 0.6) is 0 Å². The maximum absolute atomic E-state index is 6.37. The smallest absolute Gasteiger partial charge is 0.223 e. The first-order valence-electron chi connectivity index (χ1n) is 12.1. The van der Waals surface area contributed by atoms with Gasteiger partial charge in [-0.15, -0.1) is 11.3 Å². The van der Waals surface area contributed by atoms with E-state index in [0.717, 1.165) is 34.3 Å². The molecule has 4 nitrogen and oxygen atoms in total. The lowest BCUT2D eigenvalue weighted by Gasteiger charge is -2.23. The third kappa shape index (κ3) is 4.29. The second-order valence-corrected chi connectivity index (χ2v) is 10.7. The molecule has 1 aliphatic rings. The number of rotatable bonds is 5. The van der Waals surface area contributed by atoms with Gasteiger partial charge in [-0.1, -0.05) is 86.1 Å². The molecule has 6 rings (SSSR count). The number of aromatic nitrogens is 2. The van der Waals surface area contributed by atoms with Gasteiger partial charge >= 0.3 is 0 Å². The number of benzene rings is 3. The maximum atomic E-state index is 6.37. The minimum Gasteiger partial charge on any atom is -0.223 e.